The molecule has 1 saturated heterocycles. The van der Waals surface area contributed by atoms with Gasteiger partial charge in [-0.1, -0.05) is 0 Å². The molecule has 0 N–H and O–H groups in total. The Labute approximate surface area is 141 Å². The number of anilines is 1. The van der Waals surface area contributed by atoms with Gasteiger partial charge < -0.3 is 9.80 Å². The summed E-state index contributed by atoms with van der Waals surface area (Å²) in [7, 11) is 2.04. The molecule has 2 aromatic rings. The summed E-state index contributed by atoms with van der Waals surface area (Å²) in [5.41, 5.74) is 0.912. The zero-order valence-electron chi connectivity index (χ0n) is 14.3. The molecule has 0 aromatic carbocycles. The molecule has 3 rings (SSSR count). The van der Waals surface area contributed by atoms with Gasteiger partial charge in [-0.2, -0.15) is 10.2 Å². The summed E-state index contributed by atoms with van der Waals surface area (Å²) in [6.07, 6.45) is 4.87. The van der Waals surface area contributed by atoms with Crippen molar-refractivity contribution in [2.75, 3.05) is 25.0 Å². The lowest BCUT2D eigenvalue weighted by atomic mass is 10.0. The molecule has 0 bridgehead atoms. The quantitative estimate of drug-likeness (QED) is 0.834. The van der Waals surface area contributed by atoms with Gasteiger partial charge >= 0.3 is 0 Å². The topological polar surface area (TPSA) is 80.0 Å². The second-order valence-corrected chi connectivity index (χ2v) is 6.25. The molecule has 3 heterocycles. The Bertz CT molecular complexity index is 662. The number of aromatic nitrogens is 5. The lowest BCUT2D eigenvalue weighted by Crippen LogP contribution is -2.47. The van der Waals surface area contributed by atoms with Crippen LogP contribution in [0.5, 0.6) is 0 Å². The molecule has 0 unspecified atom stereocenters. The number of carbonyl (C=O) groups excluding carboxylic acids is 1. The van der Waals surface area contributed by atoms with Crippen LogP contribution >= 0.6 is 0 Å². The smallest absolute Gasteiger partial charge is 0.247 e. The van der Waals surface area contributed by atoms with E-state index in [0.29, 0.717) is 6.04 Å². The minimum atomic E-state index is -0.315. The van der Waals surface area contributed by atoms with Crippen molar-refractivity contribution >= 4 is 11.7 Å². The van der Waals surface area contributed by atoms with Crippen molar-refractivity contribution in [3.05, 3.63) is 30.5 Å². The Balaban J connectivity index is 1.57. The molecular formula is C16H23N7O. The average molecular weight is 329 g/mol. The highest BCUT2D eigenvalue weighted by Gasteiger charge is 2.29. The van der Waals surface area contributed by atoms with Gasteiger partial charge in [-0.25, -0.2) is 9.67 Å². The molecule has 8 nitrogen and oxygen atoms in total. The summed E-state index contributed by atoms with van der Waals surface area (Å²) >= 11 is 0. The number of hydrogen-bond acceptors (Lipinski definition) is 6. The summed E-state index contributed by atoms with van der Waals surface area (Å²) in [5.74, 6) is 0.970. The number of aryl methyl sites for hydroxylation is 1. The highest BCUT2D eigenvalue weighted by atomic mass is 16.2. The van der Waals surface area contributed by atoms with Crippen LogP contribution in [0.4, 0.5) is 5.82 Å². The Morgan fingerprint density at radius 1 is 1.29 bits per heavy atom. The van der Waals surface area contributed by atoms with Crippen molar-refractivity contribution in [3.8, 4) is 0 Å². The zero-order chi connectivity index (χ0) is 17.1. The van der Waals surface area contributed by atoms with E-state index >= 15 is 0 Å². The predicted molar refractivity (Wildman–Crippen MR) is 89.5 cm³/mol. The molecule has 1 atom stereocenters. The Kier molecular flexibility index (Phi) is 4.73. The zero-order valence-corrected chi connectivity index (χ0v) is 14.3. The molecule has 0 spiro atoms. The monoisotopic (exact) mass is 329 g/mol. The van der Waals surface area contributed by atoms with Crippen molar-refractivity contribution in [1.82, 2.24) is 29.9 Å². The summed E-state index contributed by atoms with van der Waals surface area (Å²) in [6, 6.07) is 4.02. The van der Waals surface area contributed by atoms with Crippen LogP contribution in [0.1, 0.15) is 31.5 Å². The van der Waals surface area contributed by atoms with Gasteiger partial charge in [0.2, 0.25) is 5.91 Å². The number of hydrogen-bond donors (Lipinski definition) is 0. The number of carbonyl (C=O) groups is 1. The van der Waals surface area contributed by atoms with Crippen molar-refractivity contribution in [1.29, 1.82) is 0 Å². The van der Waals surface area contributed by atoms with Gasteiger partial charge in [0.1, 0.15) is 18.7 Å². The number of piperidine rings is 1. The van der Waals surface area contributed by atoms with E-state index < -0.39 is 0 Å². The first-order valence-electron chi connectivity index (χ1n) is 8.22. The Hall–Kier alpha value is -2.51. The van der Waals surface area contributed by atoms with Crippen LogP contribution in [0.3, 0.4) is 0 Å². The third-order valence-electron chi connectivity index (χ3n) is 4.66. The molecule has 1 aliphatic heterocycles. The van der Waals surface area contributed by atoms with Crippen LogP contribution in [-0.4, -0.2) is 61.9 Å². The lowest BCUT2D eigenvalue weighted by Gasteiger charge is -2.37. The lowest BCUT2D eigenvalue weighted by molar-refractivity contribution is -0.135. The van der Waals surface area contributed by atoms with Crippen LogP contribution < -0.4 is 4.90 Å². The molecule has 1 aliphatic rings. The van der Waals surface area contributed by atoms with E-state index in [1.165, 1.54) is 6.33 Å². The average Bonchev–Trinajstić information content (AvgIpc) is 3.15. The summed E-state index contributed by atoms with van der Waals surface area (Å²) in [5, 5.41) is 12.4. The highest BCUT2D eigenvalue weighted by Crippen LogP contribution is 2.21. The first-order chi connectivity index (χ1) is 11.6. The van der Waals surface area contributed by atoms with Crippen molar-refractivity contribution in [2.24, 2.45) is 0 Å². The molecule has 0 radical (unpaired) electrons. The van der Waals surface area contributed by atoms with E-state index in [9.17, 15) is 4.79 Å². The maximum absolute atomic E-state index is 12.6. The molecule has 8 heteroatoms. The second kappa shape index (κ2) is 6.94. The SMILES string of the molecule is Cc1ccc(N(C)C2CCN(C(=O)[C@@H](C)n3cncn3)CC2)nn1. The van der Waals surface area contributed by atoms with Crippen LogP contribution in [-0.2, 0) is 4.79 Å². The van der Waals surface area contributed by atoms with E-state index in [-0.39, 0.29) is 11.9 Å². The van der Waals surface area contributed by atoms with Gasteiger partial charge in [0, 0.05) is 26.2 Å². The van der Waals surface area contributed by atoms with Gasteiger partial charge in [-0.15, -0.1) is 5.10 Å². The van der Waals surface area contributed by atoms with Gasteiger partial charge in [0.25, 0.3) is 0 Å². The standard InChI is InChI=1S/C16H23N7O/c1-12-4-5-15(20-19-12)21(3)14-6-8-22(9-7-14)16(24)13(2)23-11-17-10-18-23/h4-5,10-11,13-14H,6-9H2,1-3H3/t13-/m1/s1. The van der Waals surface area contributed by atoms with E-state index in [4.69, 9.17) is 0 Å². The first-order valence-corrected chi connectivity index (χ1v) is 8.22. The van der Waals surface area contributed by atoms with E-state index in [1.807, 2.05) is 37.9 Å². The van der Waals surface area contributed by atoms with E-state index in [0.717, 1.165) is 37.4 Å². The van der Waals surface area contributed by atoms with E-state index in [1.54, 1.807) is 11.0 Å². The largest absolute Gasteiger partial charge is 0.355 e. The van der Waals surface area contributed by atoms with Gasteiger partial charge in [-0.3, -0.25) is 4.79 Å². The minimum absolute atomic E-state index is 0.0942. The van der Waals surface area contributed by atoms with Crippen molar-refractivity contribution in [3.63, 3.8) is 0 Å². The normalized spacial score (nSPS) is 16.9. The Morgan fingerprint density at radius 2 is 2.04 bits per heavy atom. The van der Waals surface area contributed by atoms with Gasteiger partial charge in [-0.05, 0) is 38.8 Å². The van der Waals surface area contributed by atoms with Gasteiger partial charge in [0.05, 0.1) is 5.69 Å². The second-order valence-electron chi connectivity index (χ2n) is 6.25. The van der Waals surface area contributed by atoms with Crippen LogP contribution in [0, 0.1) is 6.92 Å². The van der Waals surface area contributed by atoms with E-state index in [2.05, 4.69) is 25.2 Å². The molecule has 24 heavy (non-hydrogen) atoms. The van der Waals surface area contributed by atoms with Crippen LogP contribution in [0.2, 0.25) is 0 Å². The molecular weight excluding hydrogens is 306 g/mol. The van der Waals surface area contributed by atoms with Gasteiger partial charge in [0.15, 0.2) is 5.82 Å². The minimum Gasteiger partial charge on any atom is -0.355 e. The number of rotatable bonds is 4. The molecule has 1 fully saturated rings. The fourth-order valence-corrected chi connectivity index (χ4v) is 3.04. The Morgan fingerprint density at radius 3 is 2.62 bits per heavy atom. The number of nitrogens with zero attached hydrogens (tertiary/aromatic N) is 7. The summed E-state index contributed by atoms with van der Waals surface area (Å²) in [4.78, 5) is 20.6. The third-order valence-corrected chi connectivity index (χ3v) is 4.66. The summed E-state index contributed by atoms with van der Waals surface area (Å²) in [6.45, 7) is 5.27. The van der Waals surface area contributed by atoms with Crippen LogP contribution in [0.25, 0.3) is 0 Å². The molecule has 128 valence electrons. The maximum atomic E-state index is 12.6. The summed E-state index contributed by atoms with van der Waals surface area (Å²) < 4.78 is 1.60. The number of likely N-dealkylation sites (tertiary alicyclic amines) is 1. The fourth-order valence-electron chi connectivity index (χ4n) is 3.04. The number of amides is 1. The molecule has 2 aromatic heterocycles. The third kappa shape index (κ3) is 3.37. The molecule has 0 aliphatic carbocycles. The van der Waals surface area contributed by atoms with Crippen LogP contribution in [0.15, 0.2) is 24.8 Å². The fraction of sp³-hybridized carbons (Fsp3) is 0.562. The highest BCUT2D eigenvalue weighted by molar-refractivity contribution is 5.80. The molecule has 1 amide bonds. The van der Waals surface area contributed by atoms with Crippen molar-refractivity contribution < 1.29 is 4.79 Å². The molecule has 0 saturated carbocycles. The van der Waals surface area contributed by atoms with Crippen molar-refractivity contribution in [2.45, 2.75) is 38.8 Å². The maximum Gasteiger partial charge on any atom is 0.247 e. The first kappa shape index (κ1) is 16.4. The predicted octanol–water partition coefficient (Wildman–Crippen LogP) is 1.06.